The van der Waals surface area contributed by atoms with E-state index >= 15 is 0 Å². The van der Waals surface area contributed by atoms with Crippen LogP contribution in [0.3, 0.4) is 0 Å². The molecule has 5 heteroatoms. The molecule has 0 fully saturated rings. The summed E-state index contributed by atoms with van der Waals surface area (Å²) < 4.78 is 0.840. The number of hydrogen-bond donors (Lipinski definition) is 1. The molecule has 0 atom stereocenters. The van der Waals surface area contributed by atoms with E-state index in [1.54, 1.807) is 11.3 Å². The van der Waals surface area contributed by atoms with E-state index in [0.29, 0.717) is 5.92 Å². The van der Waals surface area contributed by atoms with E-state index in [-0.39, 0.29) is 0 Å². The normalized spacial score (nSPS) is 11.1. The van der Waals surface area contributed by atoms with Gasteiger partial charge < -0.3 is 10.2 Å². The van der Waals surface area contributed by atoms with Crippen LogP contribution in [-0.2, 0) is 13.1 Å². The van der Waals surface area contributed by atoms with E-state index in [9.17, 15) is 0 Å². The lowest BCUT2D eigenvalue weighted by molar-refractivity contribution is 0.551. The molecule has 0 aliphatic rings. The minimum atomic E-state index is 0.649. The highest BCUT2D eigenvalue weighted by Gasteiger charge is 2.09. The van der Waals surface area contributed by atoms with Crippen LogP contribution in [0.5, 0.6) is 0 Å². The molecule has 114 valence electrons. The van der Waals surface area contributed by atoms with Crippen molar-refractivity contribution in [3.8, 4) is 0 Å². The zero-order valence-electron chi connectivity index (χ0n) is 12.8. The molecule has 0 aliphatic carbocycles. The van der Waals surface area contributed by atoms with Crippen LogP contribution in [0.25, 0.3) is 0 Å². The molecular weight excluding hydrogens is 302 g/mol. The molecule has 1 N–H and O–H groups in total. The molecule has 0 saturated carbocycles. The van der Waals surface area contributed by atoms with Gasteiger partial charge in [-0.15, -0.1) is 11.3 Å². The summed E-state index contributed by atoms with van der Waals surface area (Å²) >= 11 is 7.63. The molecule has 0 spiro atoms. The molecule has 0 unspecified atom stereocenters. The van der Waals surface area contributed by atoms with Crippen LogP contribution in [0.1, 0.15) is 24.3 Å². The summed E-state index contributed by atoms with van der Waals surface area (Å²) in [5, 5.41) is 3.48. The second kappa shape index (κ2) is 7.78. The largest absolute Gasteiger partial charge is 0.369 e. The SMILES string of the molecule is CC(C)CNCc1cnccc1N(C)Cc1ccc(Cl)s1. The van der Waals surface area contributed by atoms with E-state index in [2.05, 4.69) is 48.2 Å². The lowest BCUT2D eigenvalue weighted by Gasteiger charge is -2.22. The second-order valence-electron chi connectivity index (χ2n) is 5.59. The number of rotatable bonds is 7. The lowest BCUT2D eigenvalue weighted by Crippen LogP contribution is -2.22. The number of hydrogen-bond acceptors (Lipinski definition) is 4. The average molecular weight is 324 g/mol. The van der Waals surface area contributed by atoms with Gasteiger partial charge in [-0.2, -0.15) is 0 Å². The summed E-state index contributed by atoms with van der Waals surface area (Å²) in [5.74, 6) is 0.649. The first-order valence-corrected chi connectivity index (χ1v) is 8.34. The van der Waals surface area contributed by atoms with Crippen molar-refractivity contribution in [1.29, 1.82) is 0 Å². The molecule has 2 heterocycles. The zero-order valence-corrected chi connectivity index (χ0v) is 14.3. The van der Waals surface area contributed by atoms with Crippen LogP contribution in [0.4, 0.5) is 5.69 Å². The molecule has 2 aromatic heterocycles. The van der Waals surface area contributed by atoms with Crippen LogP contribution in [0.15, 0.2) is 30.6 Å². The van der Waals surface area contributed by atoms with E-state index in [0.717, 1.165) is 24.0 Å². The van der Waals surface area contributed by atoms with E-state index in [1.165, 1.54) is 16.1 Å². The summed E-state index contributed by atoms with van der Waals surface area (Å²) in [7, 11) is 2.11. The number of halogens is 1. The number of anilines is 1. The molecule has 0 radical (unpaired) electrons. The van der Waals surface area contributed by atoms with Gasteiger partial charge in [0.05, 0.1) is 10.9 Å². The van der Waals surface area contributed by atoms with Crippen LogP contribution in [0.2, 0.25) is 4.34 Å². The minimum absolute atomic E-state index is 0.649. The minimum Gasteiger partial charge on any atom is -0.369 e. The monoisotopic (exact) mass is 323 g/mol. The Kier molecular flexibility index (Phi) is 6.03. The number of nitrogens with one attached hydrogen (secondary N) is 1. The highest BCUT2D eigenvalue weighted by atomic mass is 35.5. The number of aromatic nitrogens is 1. The van der Waals surface area contributed by atoms with Crippen LogP contribution in [0, 0.1) is 5.92 Å². The summed E-state index contributed by atoms with van der Waals surface area (Å²) in [6.07, 6.45) is 3.79. The third-order valence-corrected chi connectivity index (χ3v) is 4.39. The molecule has 0 aliphatic heterocycles. The molecule has 0 amide bonds. The fourth-order valence-electron chi connectivity index (χ4n) is 2.18. The Balaban J connectivity index is 2.04. The summed E-state index contributed by atoms with van der Waals surface area (Å²) in [6.45, 7) is 7.14. The Hall–Kier alpha value is -1.10. The van der Waals surface area contributed by atoms with Gasteiger partial charge in [0.2, 0.25) is 0 Å². The van der Waals surface area contributed by atoms with Gasteiger partial charge in [-0.05, 0) is 30.7 Å². The highest BCUT2D eigenvalue weighted by molar-refractivity contribution is 7.16. The lowest BCUT2D eigenvalue weighted by atomic mass is 10.2. The van der Waals surface area contributed by atoms with Crippen molar-refractivity contribution in [2.24, 2.45) is 5.92 Å². The summed E-state index contributed by atoms with van der Waals surface area (Å²) in [6, 6.07) is 6.11. The Morgan fingerprint density at radius 2 is 2.14 bits per heavy atom. The Labute approximate surface area is 136 Å². The number of nitrogens with zero attached hydrogens (tertiary/aromatic N) is 2. The molecule has 0 aromatic carbocycles. The Morgan fingerprint density at radius 3 is 2.81 bits per heavy atom. The number of pyridine rings is 1. The first-order chi connectivity index (χ1) is 10.1. The average Bonchev–Trinajstić information content (AvgIpc) is 2.84. The van der Waals surface area contributed by atoms with E-state index in [4.69, 9.17) is 11.6 Å². The van der Waals surface area contributed by atoms with Crippen molar-refractivity contribution in [2.75, 3.05) is 18.5 Å². The van der Waals surface area contributed by atoms with Crippen LogP contribution in [-0.4, -0.2) is 18.6 Å². The van der Waals surface area contributed by atoms with Gasteiger partial charge in [0.15, 0.2) is 0 Å². The molecule has 0 saturated heterocycles. The molecular formula is C16H22ClN3S. The van der Waals surface area contributed by atoms with Gasteiger partial charge in [-0.1, -0.05) is 25.4 Å². The molecule has 2 rings (SSSR count). The highest BCUT2D eigenvalue weighted by Crippen LogP contribution is 2.25. The predicted octanol–water partition coefficient (Wildman–Crippen LogP) is 4.18. The summed E-state index contributed by atoms with van der Waals surface area (Å²) in [5.41, 5.74) is 2.44. The molecule has 0 bridgehead atoms. The van der Waals surface area contributed by atoms with Crippen LogP contribution >= 0.6 is 22.9 Å². The van der Waals surface area contributed by atoms with Gasteiger partial charge in [-0.3, -0.25) is 4.98 Å². The Bertz CT molecular complexity index is 568. The van der Waals surface area contributed by atoms with E-state index in [1.807, 2.05) is 18.5 Å². The first kappa shape index (κ1) is 16.3. The molecule has 21 heavy (non-hydrogen) atoms. The van der Waals surface area contributed by atoms with Crippen molar-refractivity contribution in [3.05, 3.63) is 45.4 Å². The van der Waals surface area contributed by atoms with Crippen molar-refractivity contribution >= 4 is 28.6 Å². The van der Waals surface area contributed by atoms with E-state index < -0.39 is 0 Å². The van der Waals surface area contributed by atoms with Crippen LogP contribution < -0.4 is 10.2 Å². The van der Waals surface area contributed by atoms with Gasteiger partial charge in [0.1, 0.15) is 0 Å². The molecule has 3 nitrogen and oxygen atoms in total. The predicted molar refractivity (Wildman–Crippen MR) is 92.2 cm³/mol. The standard InChI is InChI=1S/C16H22ClN3S/c1-12(2)8-19-10-13-9-18-7-6-15(13)20(3)11-14-4-5-16(17)21-14/h4-7,9,12,19H,8,10-11H2,1-3H3. The summed E-state index contributed by atoms with van der Waals surface area (Å²) in [4.78, 5) is 7.76. The molecule has 2 aromatic rings. The van der Waals surface area contributed by atoms with Gasteiger partial charge in [0.25, 0.3) is 0 Å². The maximum absolute atomic E-state index is 6.00. The van der Waals surface area contributed by atoms with Crippen molar-refractivity contribution in [3.63, 3.8) is 0 Å². The Morgan fingerprint density at radius 1 is 1.33 bits per heavy atom. The topological polar surface area (TPSA) is 28.2 Å². The third kappa shape index (κ3) is 4.99. The quantitative estimate of drug-likeness (QED) is 0.828. The van der Waals surface area contributed by atoms with Crippen molar-refractivity contribution in [1.82, 2.24) is 10.3 Å². The smallest absolute Gasteiger partial charge is 0.0931 e. The van der Waals surface area contributed by atoms with Gasteiger partial charge in [-0.25, -0.2) is 0 Å². The first-order valence-electron chi connectivity index (χ1n) is 7.15. The number of thiophene rings is 1. The van der Waals surface area contributed by atoms with Crippen molar-refractivity contribution < 1.29 is 0 Å². The van der Waals surface area contributed by atoms with Gasteiger partial charge >= 0.3 is 0 Å². The zero-order chi connectivity index (χ0) is 15.2. The fraction of sp³-hybridized carbons (Fsp3) is 0.438. The third-order valence-electron chi connectivity index (χ3n) is 3.18. The fourth-order valence-corrected chi connectivity index (χ4v) is 3.32. The maximum atomic E-state index is 6.00. The maximum Gasteiger partial charge on any atom is 0.0931 e. The van der Waals surface area contributed by atoms with Crippen molar-refractivity contribution in [2.45, 2.75) is 26.9 Å². The second-order valence-corrected chi connectivity index (χ2v) is 7.39. The van der Waals surface area contributed by atoms with Gasteiger partial charge in [0, 0.05) is 42.1 Å².